The minimum absolute atomic E-state index is 0.249. The zero-order valence-electron chi connectivity index (χ0n) is 17.3. The summed E-state index contributed by atoms with van der Waals surface area (Å²) < 4.78 is 6.96. The van der Waals surface area contributed by atoms with Crippen molar-refractivity contribution in [3.05, 3.63) is 112 Å². The molecule has 0 aliphatic carbocycles. The molecule has 160 valence electrons. The number of hydrogen-bond donors (Lipinski definition) is 1. The third-order valence-electron chi connectivity index (χ3n) is 4.89. The van der Waals surface area contributed by atoms with Crippen molar-refractivity contribution in [2.75, 3.05) is 12.4 Å². The Balaban J connectivity index is 1.50. The topological polar surface area (TPSA) is 73.2 Å². The third kappa shape index (κ3) is 4.87. The van der Waals surface area contributed by atoms with Crippen molar-refractivity contribution in [3.8, 4) is 5.75 Å². The Morgan fingerprint density at radius 2 is 1.75 bits per heavy atom. The van der Waals surface area contributed by atoms with Gasteiger partial charge in [0, 0.05) is 22.3 Å². The van der Waals surface area contributed by atoms with E-state index in [1.807, 2.05) is 24.3 Å². The first kappa shape index (κ1) is 21.3. The maximum atomic E-state index is 12.9. The summed E-state index contributed by atoms with van der Waals surface area (Å²) in [5, 5.41) is 7.67. The molecule has 1 aromatic heterocycles. The van der Waals surface area contributed by atoms with Gasteiger partial charge in [0.05, 0.1) is 31.1 Å². The van der Waals surface area contributed by atoms with E-state index in [2.05, 4.69) is 10.4 Å². The monoisotopic (exact) mass is 445 g/mol. The highest BCUT2D eigenvalue weighted by atomic mass is 35.5. The van der Waals surface area contributed by atoms with Crippen LogP contribution >= 0.6 is 11.6 Å². The summed E-state index contributed by atoms with van der Waals surface area (Å²) in [5.41, 5.74) is 2.61. The number of amides is 1. The molecular formula is C25H20ClN3O3. The zero-order chi connectivity index (χ0) is 22.5. The highest BCUT2D eigenvalue weighted by Crippen LogP contribution is 2.19. The molecule has 0 fully saturated rings. The molecule has 0 aliphatic rings. The van der Waals surface area contributed by atoms with Crippen LogP contribution < -0.4 is 10.1 Å². The quantitative estimate of drug-likeness (QED) is 0.403. The Labute approximate surface area is 190 Å². The van der Waals surface area contributed by atoms with Gasteiger partial charge in [-0.15, -0.1) is 0 Å². The average Bonchev–Trinajstić information content (AvgIpc) is 3.25. The molecule has 6 nitrogen and oxygen atoms in total. The van der Waals surface area contributed by atoms with E-state index < -0.39 is 0 Å². The summed E-state index contributed by atoms with van der Waals surface area (Å²) in [6, 6.07) is 21.0. The molecule has 0 atom stereocenters. The molecule has 4 rings (SSSR count). The number of methoxy groups -OCH3 is 1. The van der Waals surface area contributed by atoms with Crippen LogP contribution in [0.4, 0.5) is 5.69 Å². The molecule has 7 heteroatoms. The lowest BCUT2D eigenvalue weighted by Crippen LogP contribution is -2.16. The Kier molecular flexibility index (Phi) is 6.33. The van der Waals surface area contributed by atoms with Crippen LogP contribution in [0.1, 0.15) is 31.8 Å². The largest absolute Gasteiger partial charge is 0.497 e. The van der Waals surface area contributed by atoms with E-state index in [1.165, 1.54) is 0 Å². The maximum absolute atomic E-state index is 12.9. The van der Waals surface area contributed by atoms with E-state index in [1.54, 1.807) is 72.7 Å². The SMILES string of the molecule is COc1cccc(Cn2cc(NC(=O)c3ccccc3C(=O)c3ccc(Cl)cc3)cn2)c1. The molecule has 1 heterocycles. The summed E-state index contributed by atoms with van der Waals surface area (Å²) in [5.74, 6) is 0.134. The average molecular weight is 446 g/mol. The summed E-state index contributed by atoms with van der Waals surface area (Å²) in [6.45, 7) is 0.526. The van der Waals surface area contributed by atoms with Crippen LogP contribution in [0.3, 0.4) is 0 Å². The Morgan fingerprint density at radius 3 is 2.50 bits per heavy atom. The highest BCUT2D eigenvalue weighted by Gasteiger charge is 2.18. The summed E-state index contributed by atoms with van der Waals surface area (Å²) in [6.07, 6.45) is 3.31. The van der Waals surface area contributed by atoms with Crippen LogP contribution in [-0.4, -0.2) is 28.6 Å². The summed E-state index contributed by atoms with van der Waals surface area (Å²) >= 11 is 5.91. The van der Waals surface area contributed by atoms with Crippen molar-refractivity contribution in [1.29, 1.82) is 0 Å². The van der Waals surface area contributed by atoms with Gasteiger partial charge in [-0.05, 0) is 48.0 Å². The van der Waals surface area contributed by atoms with E-state index >= 15 is 0 Å². The van der Waals surface area contributed by atoms with E-state index in [9.17, 15) is 9.59 Å². The lowest BCUT2D eigenvalue weighted by atomic mass is 9.98. The lowest BCUT2D eigenvalue weighted by molar-refractivity contribution is 0.0996. The van der Waals surface area contributed by atoms with Gasteiger partial charge >= 0.3 is 0 Å². The Bertz CT molecular complexity index is 1270. The fourth-order valence-corrected chi connectivity index (χ4v) is 3.43. The molecule has 4 aromatic rings. The van der Waals surface area contributed by atoms with Gasteiger partial charge in [-0.2, -0.15) is 5.10 Å². The molecule has 1 N–H and O–H groups in total. The van der Waals surface area contributed by atoms with Crippen molar-refractivity contribution < 1.29 is 14.3 Å². The first-order valence-electron chi connectivity index (χ1n) is 9.89. The van der Waals surface area contributed by atoms with Gasteiger partial charge < -0.3 is 10.1 Å². The molecule has 0 bridgehead atoms. The smallest absolute Gasteiger partial charge is 0.256 e. The van der Waals surface area contributed by atoms with E-state index in [4.69, 9.17) is 16.3 Å². The molecule has 0 unspecified atom stereocenters. The van der Waals surface area contributed by atoms with Gasteiger partial charge in [0.2, 0.25) is 0 Å². The van der Waals surface area contributed by atoms with Crippen molar-refractivity contribution in [1.82, 2.24) is 9.78 Å². The van der Waals surface area contributed by atoms with Crippen LogP contribution in [0.5, 0.6) is 5.75 Å². The number of aromatic nitrogens is 2. The number of benzene rings is 3. The second kappa shape index (κ2) is 9.49. The molecular weight excluding hydrogens is 426 g/mol. The van der Waals surface area contributed by atoms with Crippen LogP contribution in [0.15, 0.2) is 85.2 Å². The van der Waals surface area contributed by atoms with Crippen molar-refractivity contribution in [2.24, 2.45) is 0 Å². The van der Waals surface area contributed by atoms with Crippen LogP contribution in [0.25, 0.3) is 0 Å². The number of halogens is 1. The van der Waals surface area contributed by atoms with Crippen LogP contribution in [-0.2, 0) is 6.54 Å². The molecule has 3 aromatic carbocycles. The molecule has 0 spiro atoms. The molecule has 0 radical (unpaired) electrons. The van der Waals surface area contributed by atoms with Gasteiger partial charge in [-0.3, -0.25) is 14.3 Å². The number of nitrogens with one attached hydrogen (secondary N) is 1. The second-order valence-electron chi connectivity index (χ2n) is 7.11. The molecule has 1 amide bonds. The number of anilines is 1. The minimum atomic E-state index is -0.385. The zero-order valence-corrected chi connectivity index (χ0v) is 18.0. The van der Waals surface area contributed by atoms with Crippen molar-refractivity contribution in [3.63, 3.8) is 0 Å². The van der Waals surface area contributed by atoms with Gasteiger partial charge in [0.1, 0.15) is 5.75 Å². The van der Waals surface area contributed by atoms with Gasteiger partial charge in [-0.1, -0.05) is 41.9 Å². The summed E-state index contributed by atoms with van der Waals surface area (Å²) in [7, 11) is 1.62. The lowest BCUT2D eigenvalue weighted by Gasteiger charge is -2.09. The third-order valence-corrected chi connectivity index (χ3v) is 5.14. The molecule has 0 saturated heterocycles. The van der Waals surface area contributed by atoms with E-state index in [0.717, 1.165) is 11.3 Å². The first-order valence-corrected chi connectivity index (χ1v) is 10.3. The number of rotatable bonds is 7. The van der Waals surface area contributed by atoms with Gasteiger partial charge in [-0.25, -0.2) is 0 Å². The predicted molar refractivity (Wildman–Crippen MR) is 124 cm³/mol. The number of hydrogen-bond acceptors (Lipinski definition) is 4. The van der Waals surface area contributed by atoms with Crippen LogP contribution in [0.2, 0.25) is 5.02 Å². The van der Waals surface area contributed by atoms with E-state index in [0.29, 0.717) is 28.4 Å². The number of carbonyl (C=O) groups is 2. The molecule has 32 heavy (non-hydrogen) atoms. The van der Waals surface area contributed by atoms with Crippen LogP contribution in [0, 0.1) is 0 Å². The molecule has 0 aliphatic heterocycles. The fraction of sp³-hybridized carbons (Fsp3) is 0.0800. The maximum Gasteiger partial charge on any atom is 0.256 e. The number of nitrogens with zero attached hydrogens (tertiary/aromatic N) is 2. The van der Waals surface area contributed by atoms with Crippen molar-refractivity contribution >= 4 is 29.0 Å². The number of carbonyl (C=O) groups excluding carboxylic acids is 2. The standard InChI is InChI=1S/C25H20ClN3O3/c1-32-21-6-4-5-17(13-21)15-29-16-20(14-27-29)28-25(31)23-8-3-2-7-22(23)24(30)18-9-11-19(26)12-10-18/h2-14,16H,15H2,1H3,(H,28,31). The number of ketones is 1. The highest BCUT2D eigenvalue weighted by molar-refractivity contribution is 6.30. The fourth-order valence-electron chi connectivity index (χ4n) is 3.31. The Morgan fingerprint density at radius 1 is 1.00 bits per heavy atom. The normalized spacial score (nSPS) is 10.6. The minimum Gasteiger partial charge on any atom is -0.497 e. The summed E-state index contributed by atoms with van der Waals surface area (Å²) in [4.78, 5) is 25.9. The van der Waals surface area contributed by atoms with Gasteiger partial charge in [0.25, 0.3) is 5.91 Å². The number of ether oxygens (including phenoxy) is 1. The molecule has 0 saturated carbocycles. The first-order chi connectivity index (χ1) is 15.5. The van der Waals surface area contributed by atoms with Crippen molar-refractivity contribution in [2.45, 2.75) is 6.54 Å². The Hall–Kier alpha value is -3.90. The van der Waals surface area contributed by atoms with Gasteiger partial charge in [0.15, 0.2) is 5.78 Å². The second-order valence-corrected chi connectivity index (χ2v) is 7.55. The van der Waals surface area contributed by atoms with E-state index in [-0.39, 0.29) is 17.3 Å². The predicted octanol–water partition coefficient (Wildman–Crippen LogP) is 5.08.